The van der Waals surface area contributed by atoms with Crippen LogP contribution < -0.4 is 5.73 Å². The topological polar surface area (TPSA) is 93.6 Å². The van der Waals surface area contributed by atoms with Gasteiger partial charge in [-0.05, 0) is 18.9 Å². The number of nitrogens with zero attached hydrogens (tertiary/aromatic N) is 1. The summed E-state index contributed by atoms with van der Waals surface area (Å²) in [4.78, 5) is 11.3. The molecule has 0 bridgehead atoms. The molecule has 0 radical (unpaired) electrons. The number of rotatable bonds is 3. The molecule has 21 heavy (non-hydrogen) atoms. The Hall–Kier alpha value is -1.86. The van der Waals surface area contributed by atoms with Crippen LogP contribution in [0.5, 0.6) is 0 Å². The fourth-order valence-corrected chi connectivity index (χ4v) is 4.08. The first-order valence-electron chi connectivity index (χ1n) is 6.76. The normalized spacial score (nSPS) is 20.7. The summed E-state index contributed by atoms with van der Waals surface area (Å²) in [5, 5.41) is 0.647. The standard InChI is InChI=1S/C14H16N2O4S/c15-14(17)11-5-3-7-16(9-11)21(18,19)13-8-10-4-1-2-6-12(10)20-13/h1-2,4,6,8,11H,3,5,7,9H2,(H2,15,17)/t11-/m0/s1. The molecule has 1 fully saturated rings. The molecule has 2 heterocycles. The maximum Gasteiger partial charge on any atom is 0.276 e. The van der Waals surface area contributed by atoms with E-state index in [2.05, 4.69) is 0 Å². The lowest BCUT2D eigenvalue weighted by atomic mass is 9.99. The summed E-state index contributed by atoms with van der Waals surface area (Å²) in [7, 11) is -3.73. The Bertz CT molecular complexity index is 748. The number of carbonyl (C=O) groups is 1. The monoisotopic (exact) mass is 308 g/mol. The van der Waals surface area contributed by atoms with Crippen molar-refractivity contribution < 1.29 is 17.6 Å². The van der Waals surface area contributed by atoms with Gasteiger partial charge in [-0.2, -0.15) is 4.31 Å². The fraction of sp³-hybridized carbons (Fsp3) is 0.357. The number of fused-ring (bicyclic) bond motifs is 1. The number of nitrogens with two attached hydrogens (primary N) is 1. The second-order valence-electron chi connectivity index (χ2n) is 5.21. The van der Waals surface area contributed by atoms with E-state index < -0.39 is 21.8 Å². The first kappa shape index (κ1) is 14.1. The summed E-state index contributed by atoms with van der Waals surface area (Å²) in [6.07, 6.45) is 1.24. The Morgan fingerprint density at radius 3 is 2.81 bits per heavy atom. The molecule has 3 rings (SSSR count). The van der Waals surface area contributed by atoms with Crippen molar-refractivity contribution in [2.75, 3.05) is 13.1 Å². The third-order valence-corrected chi connectivity index (χ3v) is 5.50. The van der Waals surface area contributed by atoms with Crippen molar-refractivity contribution >= 4 is 26.9 Å². The van der Waals surface area contributed by atoms with Crippen molar-refractivity contribution in [3.63, 3.8) is 0 Å². The molecule has 2 aromatic rings. The van der Waals surface area contributed by atoms with Gasteiger partial charge in [0.25, 0.3) is 10.0 Å². The van der Waals surface area contributed by atoms with Crippen LogP contribution in [0.1, 0.15) is 12.8 Å². The summed E-state index contributed by atoms with van der Waals surface area (Å²) in [6.45, 7) is 0.498. The molecule has 112 valence electrons. The zero-order valence-electron chi connectivity index (χ0n) is 11.4. The maximum atomic E-state index is 12.6. The first-order valence-corrected chi connectivity index (χ1v) is 8.20. The smallest absolute Gasteiger partial charge is 0.276 e. The molecule has 2 N–H and O–H groups in total. The van der Waals surface area contributed by atoms with E-state index in [0.29, 0.717) is 25.0 Å². The Balaban J connectivity index is 1.94. The minimum absolute atomic E-state index is 0.0891. The number of piperidine rings is 1. The van der Waals surface area contributed by atoms with Crippen LogP contribution in [0.4, 0.5) is 0 Å². The first-order chi connectivity index (χ1) is 9.98. The van der Waals surface area contributed by atoms with Crippen LogP contribution in [0.15, 0.2) is 39.8 Å². The van der Waals surface area contributed by atoms with Crippen molar-refractivity contribution in [1.29, 1.82) is 0 Å². The van der Waals surface area contributed by atoms with Crippen LogP contribution in [0.25, 0.3) is 11.0 Å². The highest BCUT2D eigenvalue weighted by Crippen LogP contribution is 2.28. The van der Waals surface area contributed by atoms with Crippen LogP contribution in [0.2, 0.25) is 0 Å². The predicted molar refractivity (Wildman–Crippen MR) is 76.9 cm³/mol. The maximum absolute atomic E-state index is 12.6. The Labute approximate surface area is 122 Å². The minimum atomic E-state index is -3.73. The SMILES string of the molecule is NC(=O)[C@H]1CCCN(S(=O)(=O)c2cc3ccccc3o2)C1. The summed E-state index contributed by atoms with van der Waals surface area (Å²) in [6, 6.07) is 8.63. The quantitative estimate of drug-likeness (QED) is 0.925. The predicted octanol–water partition coefficient (Wildman–Crippen LogP) is 1.32. The van der Waals surface area contributed by atoms with E-state index in [9.17, 15) is 13.2 Å². The molecule has 6 nitrogen and oxygen atoms in total. The summed E-state index contributed by atoms with van der Waals surface area (Å²) in [5.41, 5.74) is 5.82. The van der Waals surface area contributed by atoms with Gasteiger partial charge in [0.15, 0.2) is 0 Å². The highest BCUT2D eigenvalue weighted by Gasteiger charge is 2.34. The number of sulfonamides is 1. The van der Waals surface area contributed by atoms with Crippen LogP contribution in [-0.4, -0.2) is 31.7 Å². The highest BCUT2D eigenvalue weighted by atomic mass is 32.2. The largest absolute Gasteiger partial charge is 0.443 e. The second-order valence-corrected chi connectivity index (χ2v) is 7.08. The van der Waals surface area contributed by atoms with E-state index in [1.54, 1.807) is 18.2 Å². The van der Waals surface area contributed by atoms with Crippen LogP contribution in [-0.2, 0) is 14.8 Å². The zero-order valence-corrected chi connectivity index (χ0v) is 12.2. The number of amides is 1. The van der Waals surface area contributed by atoms with Crippen LogP contribution >= 0.6 is 0 Å². The van der Waals surface area contributed by atoms with Crippen LogP contribution in [0.3, 0.4) is 0 Å². The minimum Gasteiger partial charge on any atom is -0.443 e. The van der Waals surface area contributed by atoms with Gasteiger partial charge < -0.3 is 10.2 Å². The number of benzene rings is 1. The Kier molecular flexibility index (Phi) is 3.46. The van der Waals surface area contributed by atoms with E-state index in [1.165, 1.54) is 10.4 Å². The van der Waals surface area contributed by atoms with E-state index in [-0.39, 0.29) is 11.6 Å². The van der Waals surface area contributed by atoms with Gasteiger partial charge in [-0.1, -0.05) is 18.2 Å². The van der Waals surface area contributed by atoms with E-state index in [4.69, 9.17) is 10.2 Å². The van der Waals surface area contributed by atoms with Gasteiger partial charge in [0, 0.05) is 24.5 Å². The molecular weight excluding hydrogens is 292 g/mol. The van der Waals surface area contributed by atoms with E-state index >= 15 is 0 Å². The number of para-hydroxylation sites is 1. The molecule has 0 spiro atoms. The lowest BCUT2D eigenvalue weighted by Crippen LogP contribution is -2.43. The van der Waals surface area contributed by atoms with Gasteiger partial charge >= 0.3 is 0 Å². The highest BCUT2D eigenvalue weighted by molar-refractivity contribution is 7.89. The van der Waals surface area contributed by atoms with Crippen molar-refractivity contribution in [3.8, 4) is 0 Å². The van der Waals surface area contributed by atoms with Gasteiger partial charge in [0.05, 0.1) is 5.92 Å². The van der Waals surface area contributed by atoms with Gasteiger partial charge in [0.2, 0.25) is 11.0 Å². The lowest BCUT2D eigenvalue weighted by molar-refractivity contribution is -0.122. The summed E-state index contributed by atoms with van der Waals surface area (Å²) < 4.78 is 31.9. The second kappa shape index (κ2) is 5.16. The van der Waals surface area contributed by atoms with Crippen LogP contribution in [0, 0.1) is 5.92 Å². The molecule has 7 heteroatoms. The molecule has 1 saturated heterocycles. The van der Waals surface area contributed by atoms with Crippen molar-refractivity contribution in [2.24, 2.45) is 11.7 Å². The fourth-order valence-electron chi connectivity index (χ4n) is 2.60. The van der Waals surface area contributed by atoms with Crippen molar-refractivity contribution in [2.45, 2.75) is 17.9 Å². The molecule has 0 unspecified atom stereocenters. The molecule has 1 aromatic heterocycles. The average Bonchev–Trinajstić information content (AvgIpc) is 2.92. The number of primary amides is 1. The number of hydrogen-bond donors (Lipinski definition) is 1. The zero-order chi connectivity index (χ0) is 15.0. The average molecular weight is 308 g/mol. The summed E-state index contributed by atoms with van der Waals surface area (Å²) in [5.74, 6) is -0.891. The summed E-state index contributed by atoms with van der Waals surface area (Å²) >= 11 is 0. The van der Waals surface area contributed by atoms with E-state index in [0.717, 1.165) is 5.39 Å². The molecule has 0 saturated carbocycles. The third-order valence-electron chi connectivity index (χ3n) is 3.78. The lowest BCUT2D eigenvalue weighted by Gasteiger charge is -2.29. The van der Waals surface area contributed by atoms with Gasteiger partial charge in [-0.3, -0.25) is 4.79 Å². The van der Waals surface area contributed by atoms with Crippen molar-refractivity contribution in [1.82, 2.24) is 4.31 Å². The Morgan fingerprint density at radius 2 is 2.10 bits per heavy atom. The Morgan fingerprint density at radius 1 is 1.33 bits per heavy atom. The third kappa shape index (κ3) is 2.54. The molecular formula is C14H16N2O4S. The molecule has 1 aliphatic rings. The number of furan rings is 1. The molecule has 1 aromatic carbocycles. The molecule has 1 atom stereocenters. The number of hydrogen-bond acceptors (Lipinski definition) is 4. The number of carbonyl (C=O) groups excluding carboxylic acids is 1. The molecule has 0 aliphatic carbocycles. The van der Waals surface area contributed by atoms with Gasteiger partial charge in [0.1, 0.15) is 5.58 Å². The molecule has 1 amide bonds. The molecule has 1 aliphatic heterocycles. The van der Waals surface area contributed by atoms with Gasteiger partial charge in [-0.25, -0.2) is 8.42 Å². The van der Waals surface area contributed by atoms with Crippen molar-refractivity contribution in [3.05, 3.63) is 30.3 Å². The van der Waals surface area contributed by atoms with E-state index in [1.807, 2.05) is 6.07 Å². The van der Waals surface area contributed by atoms with Gasteiger partial charge in [-0.15, -0.1) is 0 Å².